The van der Waals surface area contributed by atoms with Crippen LogP contribution in [-0.2, 0) is 10.0 Å². The van der Waals surface area contributed by atoms with Crippen molar-refractivity contribution < 1.29 is 32.5 Å². The Morgan fingerprint density at radius 1 is 1.00 bits per heavy atom. The first-order valence-corrected chi connectivity index (χ1v) is 25.9. The Labute approximate surface area is 398 Å². The fourth-order valence-electron chi connectivity index (χ4n) is 11.7. The number of ether oxygens (including phenoxy) is 3. The lowest BCUT2D eigenvalue weighted by molar-refractivity contribution is -0.0493. The van der Waals surface area contributed by atoms with Gasteiger partial charge < -0.3 is 34.5 Å². The average Bonchev–Trinajstić information content (AvgIpc) is 4.00. The van der Waals surface area contributed by atoms with Gasteiger partial charge in [-0.05, 0) is 135 Å². The van der Waals surface area contributed by atoms with Crippen LogP contribution < -0.4 is 29.1 Å². The van der Waals surface area contributed by atoms with Gasteiger partial charge in [-0.1, -0.05) is 44.5 Å². The van der Waals surface area contributed by atoms with E-state index in [2.05, 4.69) is 73.1 Å². The maximum Gasteiger partial charge on any atom is 0.268 e. The second kappa shape index (κ2) is 18.3. The van der Waals surface area contributed by atoms with E-state index in [9.17, 15) is 23.2 Å². The van der Waals surface area contributed by atoms with E-state index in [4.69, 9.17) is 14.2 Å². The van der Waals surface area contributed by atoms with E-state index in [1.54, 1.807) is 24.4 Å². The molecule has 0 radical (unpaired) electrons. The summed E-state index contributed by atoms with van der Waals surface area (Å²) in [6.45, 7) is 12.7. The van der Waals surface area contributed by atoms with E-state index < -0.39 is 21.5 Å². The largest absolute Gasteiger partial charge is 0.489 e. The lowest BCUT2D eigenvalue weighted by atomic mass is 9.70. The zero-order valence-corrected chi connectivity index (χ0v) is 40.2. The van der Waals surface area contributed by atoms with Crippen LogP contribution in [0.1, 0.15) is 119 Å². The summed E-state index contributed by atoms with van der Waals surface area (Å²) < 4.78 is 48.8. The number of aromatic nitrogens is 2. The van der Waals surface area contributed by atoms with Gasteiger partial charge in [0, 0.05) is 61.6 Å². The number of carbonyl (C=O) groups excluding carboxylic acids is 1. The predicted molar refractivity (Wildman–Crippen MR) is 262 cm³/mol. The van der Waals surface area contributed by atoms with Gasteiger partial charge in [-0.2, -0.15) is 4.98 Å². The topological polar surface area (TPSA) is 188 Å². The fraction of sp³-hybridized carbons (Fsp3) is 0.500. The van der Waals surface area contributed by atoms with Gasteiger partial charge in [-0.25, -0.2) is 13.1 Å². The van der Waals surface area contributed by atoms with Gasteiger partial charge in [0.15, 0.2) is 5.75 Å². The number of aliphatic hydroxyl groups is 1. The molecule has 2 saturated carbocycles. The number of nitrogens with one attached hydrogen (secondary N) is 3. The Hall–Kier alpha value is -5.71. The van der Waals surface area contributed by atoms with Crippen molar-refractivity contribution in [1.82, 2.24) is 19.6 Å². The molecule has 5 heterocycles. The number of fused-ring (bicyclic) bond motifs is 2. The number of sulfonamides is 1. The zero-order valence-electron chi connectivity index (χ0n) is 39.4. The van der Waals surface area contributed by atoms with Crippen LogP contribution in [0, 0.1) is 16.2 Å². The zero-order chi connectivity index (χ0) is 47.4. The van der Waals surface area contributed by atoms with Crippen molar-refractivity contribution in [2.24, 2.45) is 16.5 Å². The van der Waals surface area contributed by atoms with Gasteiger partial charge in [0.2, 0.25) is 0 Å². The number of amides is 1. The molecule has 2 saturated heterocycles. The smallest absolute Gasteiger partial charge is 0.268 e. The van der Waals surface area contributed by atoms with Crippen LogP contribution in [-0.4, -0.2) is 91.4 Å². The molecule has 1 amide bonds. The molecule has 10 rings (SSSR count). The van der Waals surface area contributed by atoms with E-state index in [0.717, 1.165) is 69.0 Å². The molecule has 2 aliphatic carbocycles. The molecule has 68 heavy (non-hydrogen) atoms. The van der Waals surface area contributed by atoms with Crippen molar-refractivity contribution in [3.05, 3.63) is 94.5 Å². The molecule has 1 unspecified atom stereocenters. The van der Waals surface area contributed by atoms with E-state index in [-0.39, 0.29) is 63.3 Å². The van der Waals surface area contributed by atoms with Crippen molar-refractivity contribution in [3.8, 4) is 23.1 Å². The van der Waals surface area contributed by atoms with E-state index in [1.807, 2.05) is 26.0 Å². The Balaban J connectivity index is 0.873. The molecule has 3 aromatic carbocycles. The number of pyridine rings is 1. The number of nitrogens with zero attached hydrogens (tertiary/aromatic N) is 4. The summed E-state index contributed by atoms with van der Waals surface area (Å²) in [7, 11) is -4.57. The number of piperidine rings is 1. The number of hydrogen-bond donors (Lipinski definition) is 4. The van der Waals surface area contributed by atoms with Crippen LogP contribution in [0.25, 0.3) is 11.0 Å². The monoisotopic (exact) mass is 945 g/mol. The van der Waals surface area contributed by atoms with E-state index in [0.29, 0.717) is 48.7 Å². The Morgan fingerprint density at radius 3 is 2.53 bits per heavy atom. The third-order valence-electron chi connectivity index (χ3n) is 15.5. The minimum Gasteiger partial charge on any atom is -0.489 e. The van der Waals surface area contributed by atoms with Crippen molar-refractivity contribution in [2.45, 2.75) is 120 Å². The number of rotatable bonds is 13. The first kappa shape index (κ1) is 46.0. The highest BCUT2D eigenvalue weighted by Crippen LogP contribution is 2.49. The molecule has 2 aromatic heterocycles. The SMILES string of the molecule is CCOc1nc2[nH]ccc2cc1Oc1cc(N2CCC3(CC2)CN([C@H]2CCC[C@H]2c2ccccc2C(C)C)C3)ccc1C(=O)NS(=O)(=O)c1cc(N=O)c2c(c1)OCC(C1CCC(C)(O)CC1)N2. The normalized spacial score (nSPS) is 24.8. The second-order valence-corrected chi connectivity index (χ2v) is 22.1. The number of hydrogen-bond acceptors (Lipinski definition) is 13. The number of benzene rings is 3. The maximum atomic E-state index is 14.3. The molecule has 0 bridgehead atoms. The van der Waals surface area contributed by atoms with Crippen LogP contribution >= 0.6 is 0 Å². The first-order chi connectivity index (χ1) is 32.7. The van der Waals surface area contributed by atoms with Crippen LogP contribution in [0.3, 0.4) is 0 Å². The number of aromatic amines is 1. The summed E-state index contributed by atoms with van der Waals surface area (Å²) in [5.41, 5.74) is 4.13. The molecule has 5 aliphatic rings. The van der Waals surface area contributed by atoms with E-state index in [1.165, 1.54) is 36.5 Å². The number of anilines is 2. The highest BCUT2D eigenvalue weighted by Gasteiger charge is 2.49. The lowest BCUT2D eigenvalue weighted by Crippen LogP contribution is -2.63. The number of nitroso groups, excluding NO2 is 1. The van der Waals surface area contributed by atoms with Gasteiger partial charge in [0.25, 0.3) is 21.8 Å². The molecule has 5 aromatic rings. The molecular formula is C52H63N7O8S. The summed E-state index contributed by atoms with van der Waals surface area (Å²) in [6.07, 6.45) is 10.4. The van der Waals surface area contributed by atoms with Crippen LogP contribution in [0.5, 0.6) is 23.1 Å². The Kier molecular flexibility index (Phi) is 12.4. The quantitative estimate of drug-likeness (QED) is 0.0820. The van der Waals surface area contributed by atoms with Crippen LogP contribution in [0.4, 0.5) is 17.1 Å². The summed E-state index contributed by atoms with van der Waals surface area (Å²) >= 11 is 0. The second-order valence-electron chi connectivity index (χ2n) is 20.4. The number of H-pyrrole nitrogens is 1. The van der Waals surface area contributed by atoms with Gasteiger partial charge in [-0.3, -0.25) is 9.69 Å². The summed E-state index contributed by atoms with van der Waals surface area (Å²) in [5, 5.41) is 17.7. The van der Waals surface area contributed by atoms with Gasteiger partial charge in [0.1, 0.15) is 35.1 Å². The standard InChI is InChI=1S/C52H63N7O8S/c1-5-65-50-46(25-34-17-22-53-48(34)55-50)67-44-26-35(58-23-20-52(21-24-58)30-59(31-52)43-12-8-11-39(43)38-10-7-6-9-37(38)32(2)3)13-14-40(44)49(60)57-68(63,64)36-27-41(56-62)47-45(28-36)66-29-42(54-47)33-15-18-51(4,61)19-16-33/h6-7,9-10,13-14,17,22,25-28,32-33,39,42-43,54,61H,5,8,11-12,15-16,18-21,23-24,29-31H2,1-4H3,(H,53,55)(H,57,60)/t33?,39-,42?,43-,51?/m0/s1. The lowest BCUT2D eigenvalue weighted by Gasteiger charge is -2.57. The third kappa shape index (κ3) is 9.02. The van der Waals surface area contributed by atoms with Gasteiger partial charge >= 0.3 is 0 Å². The predicted octanol–water partition coefficient (Wildman–Crippen LogP) is 9.75. The van der Waals surface area contributed by atoms with Gasteiger partial charge in [-0.15, -0.1) is 4.91 Å². The minimum atomic E-state index is -4.57. The highest BCUT2D eigenvalue weighted by atomic mass is 32.2. The molecule has 16 heteroatoms. The van der Waals surface area contributed by atoms with Crippen LogP contribution in [0.15, 0.2) is 83.0 Å². The number of carbonyl (C=O) groups is 1. The summed E-state index contributed by atoms with van der Waals surface area (Å²) in [5.74, 6) is 1.08. The Morgan fingerprint density at radius 2 is 1.78 bits per heavy atom. The maximum absolute atomic E-state index is 14.3. The first-order valence-electron chi connectivity index (χ1n) is 24.4. The molecule has 4 N–H and O–H groups in total. The van der Waals surface area contributed by atoms with Gasteiger partial charge in [0.05, 0.1) is 28.7 Å². The summed E-state index contributed by atoms with van der Waals surface area (Å²) in [4.78, 5) is 38.9. The molecule has 360 valence electrons. The molecule has 3 atom stereocenters. The molecular weight excluding hydrogens is 883 g/mol. The van der Waals surface area contributed by atoms with E-state index >= 15 is 0 Å². The summed E-state index contributed by atoms with van der Waals surface area (Å²) in [6, 6.07) is 20.7. The van der Waals surface area contributed by atoms with Crippen molar-refractivity contribution in [3.63, 3.8) is 0 Å². The fourth-order valence-corrected chi connectivity index (χ4v) is 12.7. The third-order valence-corrected chi connectivity index (χ3v) is 16.8. The molecule has 1 spiro atoms. The van der Waals surface area contributed by atoms with Crippen molar-refractivity contribution >= 4 is 44.0 Å². The van der Waals surface area contributed by atoms with Crippen molar-refractivity contribution in [1.29, 1.82) is 0 Å². The number of likely N-dealkylation sites (tertiary alicyclic amines) is 1. The molecule has 3 aliphatic heterocycles. The minimum absolute atomic E-state index is 0.0267. The Bertz CT molecular complexity index is 2800. The highest BCUT2D eigenvalue weighted by molar-refractivity contribution is 7.90. The molecule has 4 fully saturated rings. The average molecular weight is 946 g/mol. The van der Waals surface area contributed by atoms with Crippen molar-refractivity contribution in [2.75, 3.05) is 49.6 Å². The molecule has 15 nitrogen and oxygen atoms in total. The van der Waals surface area contributed by atoms with Crippen LogP contribution in [0.2, 0.25) is 0 Å².